The molecule has 1 amide bonds. The highest BCUT2D eigenvalue weighted by molar-refractivity contribution is 5.99. The topological polar surface area (TPSA) is 59.8 Å². The standard InChI is InChI=1S/C27H31NO4/c1-5-7-8-13-28-24(19-9-11-20(12-10-19)31-14-6-2)23-25(29)22-18(4)15-17(3)16-21(22)32-26(23)27(28)30/h9-12,15-16,24H,5-8,13-14H2,1-4H3. The fourth-order valence-electron chi connectivity index (χ4n) is 4.59. The number of benzene rings is 2. The predicted octanol–water partition coefficient (Wildman–Crippen LogP) is 5.93. The summed E-state index contributed by atoms with van der Waals surface area (Å²) < 4.78 is 11.8. The molecule has 0 saturated carbocycles. The van der Waals surface area contributed by atoms with Crippen LogP contribution in [-0.4, -0.2) is 24.0 Å². The van der Waals surface area contributed by atoms with Gasteiger partial charge in [-0.3, -0.25) is 9.59 Å². The Morgan fingerprint density at radius 2 is 1.75 bits per heavy atom. The van der Waals surface area contributed by atoms with Gasteiger partial charge in [0.25, 0.3) is 5.91 Å². The van der Waals surface area contributed by atoms with E-state index in [1.54, 1.807) is 4.90 Å². The summed E-state index contributed by atoms with van der Waals surface area (Å²) in [5.41, 5.74) is 3.60. The van der Waals surface area contributed by atoms with Crippen molar-refractivity contribution in [3.05, 3.63) is 74.6 Å². The highest BCUT2D eigenvalue weighted by atomic mass is 16.5. The van der Waals surface area contributed by atoms with Gasteiger partial charge in [0, 0.05) is 6.54 Å². The number of unbranched alkanes of at least 4 members (excludes halogenated alkanes) is 2. The molecule has 1 unspecified atom stereocenters. The summed E-state index contributed by atoms with van der Waals surface area (Å²) in [5.74, 6) is 0.764. The Balaban J connectivity index is 1.85. The van der Waals surface area contributed by atoms with Crippen LogP contribution in [0.25, 0.3) is 11.0 Å². The second-order valence-electron chi connectivity index (χ2n) is 8.65. The molecule has 1 atom stereocenters. The van der Waals surface area contributed by atoms with Crippen LogP contribution in [0, 0.1) is 13.8 Å². The smallest absolute Gasteiger partial charge is 0.290 e. The van der Waals surface area contributed by atoms with E-state index in [0.29, 0.717) is 29.7 Å². The number of hydrogen-bond acceptors (Lipinski definition) is 4. The highest BCUT2D eigenvalue weighted by Gasteiger charge is 2.42. The van der Waals surface area contributed by atoms with Crippen molar-refractivity contribution >= 4 is 16.9 Å². The van der Waals surface area contributed by atoms with E-state index in [9.17, 15) is 9.59 Å². The molecule has 2 aromatic carbocycles. The van der Waals surface area contributed by atoms with Gasteiger partial charge in [0.05, 0.1) is 23.6 Å². The van der Waals surface area contributed by atoms with Gasteiger partial charge in [-0.25, -0.2) is 0 Å². The minimum absolute atomic E-state index is 0.110. The maximum absolute atomic E-state index is 13.7. The Morgan fingerprint density at radius 1 is 1.00 bits per heavy atom. The molecule has 0 radical (unpaired) electrons. The monoisotopic (exact) mass is 433 g/mol. The van der Waals surface area contributed by atoms with Gasteiger partial charge in [-0.2, -0.15) is 0 Å². The molecule has 32 heavy (non-hydrogen) atoms. The fourth-order valence-corrected chi connectivity index (χ4v) is 4.59. The molecule has 2 heterocycles. The lowest BCUT2D eigenvalue weighted by atomic mass is 9.96. The van der Waals surface area contributed by atoms with Crippen LogP contribution < -0.4 is 10.2 Å². The van der Waals surface area contributed by atoms with E-state index in [1.165, 1.54) is 0 Å². The molecule has 5 nitrogen and oxygen atoms in total. The quantitative estimate of drug-likeness (QED) is 0.413. The van der Waals surface area contributed by atoms with E-state index in [-0.39, 0.29) is 17.1 Å². The molecule has 0 bridgehead atoms. The van der Waals surface area contributed by atoms with Crippen LogP contribution in [0.4, 0.5) is 0 Å². The Kier molecular flexibility index (Phi) is 6.35. The molecule has 1 aromatic heterocycles. The van der Waals surface area contributed by atoms with Crippen molar-refractivity contribution in [2.75, 3.05) is 13.2 Å². The van der Waals surface area contributed by atoms with Gasteiger partial charge in [0.15, 0.2) is 5.43 Å². The second kappa shape index (κ2) is 9.19. The SMILES string of the molecule is CCCCCN1C(=O)c2oc3cc(C)cc(C)c3c(=O)c2C1c1ccc(OCCC)cc1. The predicted molar refractivity (Wildman–Crippen MR) is 127 cm³/mol. The number of carbonyl (C=O) groups excluding carboxylic acids is 1. The zero-order valence-electron chi connectivity index (χ0n) is 19.4. The maximum Gasteiger partial charge on any atom is 0.290 e. The number of ether oxygens (including phenoxy) is 1. The third-order valence-electron chi connectivity index (χ3n) is 6.08. The summed E-state index contributed by atoms with van der Waals surface area (Å²) in [6.07, 6.45) is 3.90. The van der Waals surface area contributed by atoms with Crippen molar-refractivity contribution in [3.8, 4) is 5.75 Å². The van der Waals surface area contributed by atoms with Gasteiger partial charge in [-0.05, 0) is 61.6 Å². The minimum atomic E-state index is -0.448. The van der Waals surface area contributed by atoms with Gasteiger partial charge in [-0.1, -0.05) is 44.9 Å². The summed E-state index contributed by atoms with van der Waals surface area (Å²) in [6, 6.07) is 11.1. The van der Waals surface area contributed by atoms with Gasteiger partial charge in [-0.15, -0.1) is 0 Å². The molecule has 5 heteroatoms. The van der Waals surface area contributed by atoms with E-state index < -0.39 is 6.04 Å². The van der Waals surface area contributed by atoms with Crippen molar-refractivity contribution in [1.82, 2.24) is 4.90 Å². The van der Waals surface area contributed by atoms with Gasteiger partial charge in [0.2, 0.25) is 5.76 Å². The van der Waals surface area contributed by atoms with Crippen LogP contribution >= 0.6 is 0 Å². The largest absolute Gasteiger partial charge is 0.494 e. The number of amides is 1. The van der Waals surface area contributed by atoms with Gasteiger partial charge < -0.3 is 14.1 Å². The van der Waals surface area contributed by atoms with E-state index in [2.05, 4.69) is 13.8 Å². The number of carbonyl (C=O) groups is 1. The highest BCUT2D eigenvalue weighted by Crippen LogP contribution is 2.39. The molecule has 4 rings (SSSR count). The van der Waals surface area contributed by atoms with Crippen LogP contribution in [0.5, 0.6) is 5.75 Å². The Bertz CT molecular complexity index is 1190. The summed E-state index contributed by atoms with van der Waals surface area (Å²) in [5, 5.41) is 0.561. The first-order chi connectivity index (χ1) is 15.5. The second-order valence-corrected chi connectivity index (χ2v) is 8.65. The number of rotatable bonds is 8. The number of fused-ring (bicyclic) bond motifs is 2. The molecule has 1 aliphatic rings. The van der Waals surface area contributed by atoms with Crippen LogP contribution in [0.15, 0.2) is 45.6 Å². The molecule has 0 saturated heterocycles. The lowest BCUT2D eigenvalue weighted by Crippen LogP contribution is -2.30. The van der Waals surface area contributed by atoms with Crippen LogP contribution in [0.1, 0.15) is 78.4 Å². The van der Waals surface area contributed by atoms with Crippen LogP contribution in [0.3, 0.4) is 0 Å². The van der Waals surface area contributed by atoms with Crippen molar-refractivity contribution in [1.29, 1.82) is 0 Å². The van der Waals surface area contributed by atoms with Gasteiger partial charge >= 0.3 is 0 Å². The molecule has 168 valence electrons. The molecule has 1 aliphatic heterocycles. The first-order valence-corrected chi connectivity index (χ1v) is 11.6. The molecule has 0 N–H and O–H groups in total. The summed E-state index contributed by atoms with van der Waals surface area (Å²) in [7, 11) is 0. The lowest BCUT2D eigenvalue weighted by molar-refractivity contribution is 0.0724. The van der Waals surface area contributed by atoms with Crippen molar-refractivity contribution in [3.63, 3.8) is 0 Å². The van der Waals surface area contributed by atoms with E-state index >= 15 is 0 Å². The van der Waals surface area contributed by atoms with Crippen molar-refractivity contribution < 1.29 is 13.9 Å². The van der Waals surface area contributed by atoms with E-state index in [4.69, 9.17) is 9.15 Å². The van der Waals surface area contributed by atoms with Crippen molar-refractivity contribution in [2.24, 2.45) is 0 Å². The first-order valence-electron chi connectivity index (χ1n) is 11.6. The first kappa shape index (κ1) is 22.1. The Morgan fingerprint density at radius 3 is 2.44 bits per heavy atom. The summed E-state index contributed by atoms with van der Waals surface area (Å²) in [6.45, 7) is 9.32. The zero-order valence-corrected chi connectivity index (χ0v) is 19.4. The Labute approximate surface area is 189 Å². The van der Waals surface area contributed by atoms with Crippen LogP contribution in [0.2, 0.25) is 0 Å². The molecular weight excluding hydrogens is 402 g/mol. The lowest BCUT2D eigenvalue weighted by Gasteiger charge is -2.25. The number of aryl methyl sites for hydroxylation is 2. The van der Waals surface area contributed by atoms with Crippen LogP contribution in [-0.2, 0) is 0 Å². The Hall–Kier alpha value is -3.08. The van der Waals surface area contributed by atoms with Crippen molar-refractivity contribution in [2.45, 2.75) is 59.4 Å². The maximum atomic E-state index is 13.7. The average Bonchev–Trinajstić information content (AvgIpc) is 3.04. The molecular formula is C27H31NO4. The number of hydrogen-bond donors (Lipinski definition) is 0. The van der Waals surface area contributed by atoms with E-state index in [0.717, 1.165) is 48.1 Å². The molecule has 0 aliphatic carbocycles. The minimum Gasteiger partial charge on any atom is -0.494 e. The molecule has 0 fully saturated rings. The molecule has 3 aromatic rings. The summed E-state index contributed by atoms with van der Waals surface area (Å²) in [4.78, 5) is 28.9. The third kappa shape index (κ3) is 3.92. The molecule has 0 spiro atoms. The van der Waals surface area contributed by atoms with Gasteiger partial charge in [0.1, 0.15) is 11.3 Å². The average molecular weight is 434 g/mol. The number of nitrogens with zero attached hydrogens (tertiary/aromatic N) is 1. The normalized spacial score (nSPS) is 15.4. The zero-order chi connectivity index (χ0) is 22.8. The fraction of sp³-hybridized carbons (Fsp3) is 0.407. The summed E-state index contributed by atoms with van der Waals surface area (Å²) >= 11 is 0. The third-order valence-corrected chi connectivity index (χ3v) is 6.08. The van der Waals surface area contributed by atoms with E-state index in [1.807, 2.05) is 50.2 Å².